The number of likely N-dealkylation sites (tertiary alicyclic amines) is 1. The summed E-state index contributed by atoms with van der Waals surface area (Å²) in [5.74, 6) is 5.30. The summed E-state index contributed by atoms with van der Waals surface area (Å²) in [6.07, 6.45) is 5.05. The van der Waals surface area contributed by atoms with Crippen LogP contribution >= 0.6 is 0 Å². The van der Waals surface area contributed by atoms with Gasteiger partial charge in [-0.15, -0.1) is 0 Å². The van der Waals surface area contributed by atoms with Gasteiger partial charge in [0.25, 0.3) is 0 Å². The predicted octanol–water partition coefficient (Wildman–Crippen LogP) is 3.90. The van der Waals surface area contributed by atoms with Crippen molar-refractivity contribution in [1.29, 1.82) is 0 Å². The molecule has 0 saturated carbocycles. The molecule has 0 aliphatic carbocycles. The Hall–Kier alpha value is -3.57. The molecule has 3 aromatic rings. The molecule has 3 atom stereocenters. The van der Waals surface area contributed by atoms with E-state index in [1.165, 1.54) is 0 Å². The van der Waals surface area contributed by atoms with E-state index in [9.17, 15) is 9.90 Å². The average Bonchev–Trinajstić information content (AvgIpc) is 2.87. The molecule has 1 aliphatic rings. The van der Waals surface area contributed by atoms with Crippen LogP contribution in [-0.2, 0) is 4.79 Å². The van der Waals surface area contributed by atoms with Gasteiger partial charge in [-0.1, -0.05) is 11.8 Å². The number of piperidine rings is 1. The van der Waals surface area contributed by atoms with Crippen LogP contribution in [0.4, 0.5) is 4.39 Å². The number of halogens is 1. The summed E-state index contributed by atoms with van der Waals surface area (Å²) in [5, 5.41) is 18.1. The number of benzene rings is 1. The molecule has 1 aromatic carbocycles. The van der Waals surface area contributed by atoms with E-state index in [4.69, 9.17) is 4.74 Å². The van der Waals surface area contributed by atoms with E-state index in [0.29, 0.717) is 42.8 Å². The fraction of sp³-hybridized carbons (Fsp3) is 0.385. The molecule has 0 spiro atoms. The van der Waals surface area contributed by atoms with Gasteiger partial charge in [0.15, 0.2) is 0 Å². The number of carboxylic acids is 1. The quantitative estimate of drug-likeness (QED) is 0.533. The molecular weight excluding hydrogens is 435 g/mol. The standard InChI is InChI=1S/C26H27FN4O3/c1-34-20-5-7-25-22(15-20)21(9-11-28-25)24(27)6-4-19-10-14-31(17-23(19)26(32)33)13-2-3-18-8-12-29-30-16-18/h5,7-9,11-12,15-16,19,23-24H,4,6,10,13-14,17H2,1H3,(H,32,33)/t19-,23+,24?/m1/s1. The molecule has 176 valence electrons. The van der Waals surface area contributed by atoms with Crippen LogP contribution in [0.1, 0.15) is 36.6 Å². The van der Waals surface area contributed by atoms with Crippen molar-refractivity contribution in [2.24, 2.45) is 11.8 Å². The number of hydrogen-bond acceptors (Lipinski definition) is 6. The number of carbonyl (C=O) groups is 1. The Morgan fingerprint density at radius 2 is 2.18 bits per heavy atom. The molecule has 1 saturated heterocycles. The largest absolute Gasteiger partial charge is 0.497 e. The Morgan fingerprint density at radius 1 is 1.29 bits per heavy atom. The lowest BCUT2D eigenvalue weighted by molar-refractivity contribution is -0.146. The molecule has 0 amide bonds. The molecule has 1 N–H and O–H groups in total. The van der Waals surface area contributed by atoms with Crippen molar-refractivity contribution in [2.45, 2.75) is 25.4 Å². The highest BCUT2D eigenvalue weighted by Crippen LogP contribution is 2.35. The van der Waals surface area contributed by atoms with Crippen LogP contribution in [-0.4, -0.2) is 57.9 Å². The predicted molar refractivity (Wildman–Crippen MR) is 126 cm³/mol. The molecule has 1 unspecified atom stereocenters. The van der Waals surface area contributed by atoms with Crippen LogP contribution in [0.5, 0.6) is 5.75 Å². The maximum Gasteiger partial charge on any atom is 0.308 e. The van der Waals surface area contributed by atoms with Crippen molar-refractivity contribution < 1.29 is 19.0 Å². The lowest BCUT2D eigenvalue weighted by Crippen LogP contribution is -2.44. The Balaban J connectivity index is 1.38. The Bertz CT molecular complexity index is 1190. The molecule has 2 aromatic heterocycles. The molecule has 8 heteroatoms. The minimum atomic E-state index is -1.20. The molecule has 7 nitrogen and oxygen atoms in total. The first kappa shape index (κ1) is 23.6. The molecule has 4 rings (SSSR count). The smallest absolute Gasteiger partial charge is 0.308 e. The van der Waals surface area contributed by atoms with Crippen molar-refractivity contribution in [3.05, 3.63) is 60.0 Å². The van der Waals surface area contributed by atoms with Crippen LogP contribution < -0.4 is 4.74 Å². The second-order valence-electron chi connectivity index (χ2n) is 8.49. The summed E-state index contributed by atoms with van der Waals surface area (Å²) in [6, 6.07) is 8.89. The van der Waals surface area contributed by atoms with E-state index < -0.39 is 18.1 Å². The van der Waals surface area contributed by atoms with Gasteiger partial charge in [0.1, 0.15) is 11.9 Å². The third-order valence-electron chi connectivity index (χ3n) is 6.39. The molecular formula is C26H27FN4O3. The lowest BCUT2D eigenvalue weighted by Gasteiger charge is -2.35. The zero-order chi connectivity index (χ0) is 23.9. The third-order valence-corrected chi connectivity index (χ3v) is 6.39. The highest BCUT2D eigenvalue weighted by atomic mass is 19.1. The molecule has 0 radical (unpaired) electrons. The van der Waals surface area contributed by atoms with Crippen molar-refractivity contribution in [1.82, 2.24) is 20.1 Å². The number of fused-ring (bicyclic) bond motifs is 1. The van der Waals surface area contributed by atoms with Crippen molar-refractivity contribution in [3.8, 4) is 17.6 Å². The molecule has 1 aliphatic heterocycles. The van der Waals surface area contributed by atoms with Crippen LogP contribution in [0.2, 0.25) is 0 Å². The van der Waals surface area contributed by atoms with Crippen molar-refractivity contribution in [3.63, 3.8) is 0 Å². The number of nitrogens with zero attached hydrogens (tertiary/aromatic N) is 4. The monoisotopic (exact) mass is 462 g/mol. The van der Waals surface area contributed by atoms with Crippen LogP contribution in [0.3, 0.4) is 0 Å². The first-order valence-electron chi connectivity index (χ1n) is 11.3. The summed E-state index contributed by atoms with van der Waals surface area (Å²) in [6.45, 7) is 1.63. The summed E-state index contributed by atoms with van der Waals surface area (Å²) in [4.78, 5) is 18.3. The molecule has 0 bridgehead atoms. The van der Waals surface area contributed by atoms with E-state index in [0.717, 1.165) is 17.5 Å². The van der Waals surface area contributed by atoms with Gasteiger partial charge in [-0.25, -0.2) is 4.39 Å². The summed E-state index contributed by atoms with van der Waals surface area (Å²) < 4.78 is 20.6. The van der Waals surface area contributed by atoms with Gasteiger partial charge in [0.2, 0.25) is 0 Å². The van der Waals surface area contributed by atoms with Crippen LogP contribution in [0, 0.1) is 23.7 Å². The number of ether oxygens (including phenoxy) is 1. The molecule has 1 fully saturated rings. The zero-order valence-electron chi connectivity index (χ0n) is 19.0. The van der Waals surface area contributed by atoms with Gasteiger partial charge in [0, 0.05) is 23.7 Å². The fourth-order valence-electron chi connectivity index (χ4n) is 4.52. The second-order valence-corrected chi connectivity index (χ2v) is 8.49. The van der Waals surface area contributed by atoms with Crippen LogP contribution in [0.15, 0.2) is 48.9 Å². The highest BCUT2D eigenvalue weighted by Gasteiger charge is 2.34. The van der Waals surface area contributed by atoms with Gasteiger partial charge < -0.3 is 9.84 Å². The fourth-order valence-corrected chi connectivity index (χ4v) is 4.52. The first-order chi connectivity index (χ1) is 16.5. The number of aromatic nitrogens is 3. The molecule has 34 heavy (non-hydrogen) atoms. The molecule has 3 heterocycles. The van der Waals surface area contributed by atoms with Crippen LogP contribution in [0.25, 0.3) is 10.9 Å². The van der Waals surface area contributed by atoms with Gasteiger partial charge in [-0.2, -0.15) is 10.2 Å². The number of rotatable bonds is 7. The minimum Gasteiger partial charge on any atom is -0.497 e. The maximum atomic E-state index is 15.3. The second kappa shape index (κ2) is 11.0. The van der Waals surface area contributed by atoms with E-state index in [2.05, 4.69) is 27.0 Å². The van der Waals surface area contributed by atoms with Gasteiger partial charge >= 0.3 is 5.97 Å². The topological polar surface area (TPSA) is 88.4 Å². The zero-order valence-corrected chi connectivity index (χ0v) is 19.0. The number of hydrogen-bond donors (Lipinski definition) is 1. The minimum absolute atomic E-state index is 0.0769. The Kier molecular flexibility index (Phi) is 7.65. The Morgan fingerprint density at radius 3 is 2.94 bits per heavy atom. The van der Waals surface area contributed by atoms with Gasteiger partial charge in [0.05, 0.1) is 37.5 Å². The number of pyridine rings is 1. The highest BCUT2D eigenvalue weighted by molar-refractivity contribution is 5.83. The number of methoxy groups -OCH3 is 1. The Labute approximate surface area is 198 Å². The van der Waals surface area contributed by atoms with Crippen molar-refractivity contribution >= 4 is 16.9 Å². The third kappa shape index (κ3) is 5.67. The van der Waals surface area contributed by atoms with E-state index in [1.54, 1.807) is 50.0 Å². The summed E-state index contributed by atoms with van der Waals surface area (Å²) >= 11 is 0. The summed E-state index contributed by atoms with van der Waals surface area (Å²) in [5.41, 5.74) is 2.05. The summed E-state index contributed by atoms with van der Waals surface area (Å²) in [7, 11) is 1.57. The average molecular weight is 463 g/mol. The first-order valence-corrected chi connectivity index (χ1v) is 11.3. The number of carboxylic acid groups (broad SMARTS) is 1. The lowest BCUT2D eigenvalue weighted by atomic mass is 9.81. The SMILES string of the molecule is COc1ccc2nccc(C(F)CC[C@@H]3CCN(CC#Cc4ccnnc4)C[C@@H]3C(=O)O)c2c1. The maximum absolute atomic E-state index is 15.3. The number of aliphatic carboxylic acids is 1. The van der Waals surface area contributed by atoms with Gasteiger partial charge in [-0.3, -0.25) is 14.7 Å². The van der Waals surface area contributed by atoms with E-state index in [-0.39, 0.29) is 12.3 Å². The van der Waals surface area contributed by atoms with Gasteiger partial charge in [-0.05, 0) is 67.6 Å². The van der Waals surface area contributed by atoms with Crippen molar-refractivity contribution in [2.75, 3.05) is 26.7 Å². The van der Waals surface area contributed by atoms with E-state index in [1.807, 2.05) is 11.0 Å². The number of alkyl halides is 1. The normalized spacial score (nSPS) is 19.2. The van der Waals surface area contributed by atoms with E-state index >= 15 is 4.39 Å².